The van der Waals surface area contributed by atoms with E-state index < -0.39 is 0 Å². The smallest absolute Gasteiger partial charge is 0.228 e. The molecule has 4 aliphatic rings. The first-order chi connectivity index (χ1) is 38.9. The number of halogens is 3. The number of aryl methyl sites for hydroxylation is 4. The normalized spacial score (nSPS) is 16.4. The van der Waals surface area contributed by atoms with Gasteiger partial charge in [-0.2, -0.15) is 20.7 Å². The Morgan fingerprint density at radius 1 is 0.642 bits per heavy atom. The van der Waals surface area contributed by atoms with Gasteiger partial charge in [0.1, 0.15) is 44.9 Å². The van der Waals surface area contributed by atoms with Crippen molar-refractivity contribution in [1.29, 1.82) is 10.5 Å². The highest BCUT2D eigenvalue weighted by molar-refractivity contribution is 9.10. The quantitative estimate of drug-likeness (QED) is 0.145. The molecule has 4 aliphatic heterocycles. The van der Waals surface area contributed by atoms with E-state index in [1.807, 2.05) is 75.9 Å². The van der Waals surface area contributed by atoms with E-state index in [0.29, 0.717) is 54.3 Å². The van der Waals surface area contributed by atoms with E-state index in [0.717, 1.165) is 146 Å². The number of amides is 2. The van der Waals surface area contributed by atoms with Crippen molar-refractivity contribution in [3.05, 3.63) is 121 Å². The van der Waals surface area contributed by atoms with Crippen molar-refractivity contribution in [2.45, 2.75) is 79.1 Å². The van der Waals surface area contributed by atoms with E-state index in [1.165, 1.54) is 46.9 Å². The number of hydrogen-bond donors (Lipinski definition) is 1. The number of nitrogens with one attached hydrogen (secondary N) is 1. The van der Waals surface area contributed by atoms with Crippen molar-refractivity contribution in [2.24, 2.45) is 10.8 Å². The standard InChI is InChI=1S/C30H32FN7OS.C21H17BrFN5S.C9H16N2O/c1-5-23-27(36(4)29-33-26(25(18-32)40-29)20-6-8-21(31)9-7-20)24-17-22(16-19(2)38(24)34-23)37-14-11-30(12-15-37)10-13-35(3)28(30)39;1-4-16-20(17-10-14(22)9-12(2)28(17)26-16)27(3)21-25-19(18(11-24)29-21)13-5-7-15(23)8-6-13;1-11-7-4-9(8(11)12)2-5-10-6-3-9/h6-9,16-17H,5,10-15H2,1-4H3;5-10H,4H2,1-3H3;10H,2-7H2,1H3. The second-order valence-electron chi connectivity index (χ2n) is 21.5. The number of hydrogen-bond acceptors (Lipinski definition) is 14. The number of nitriles is 2. The van der Waals surface area contributed by atoms with Gasteiger partial charge in [-0.05, 0) is 151 Å². The number of aromatic nitrogens is 6. The minimum atomic E-state index is -0.328. The van der Waals surface area contributed by atoms with Gasteiger partial charge in [0.15, 0.2) is 10.3 Å². The average molecular weight is 1200 g/mol. The lowest BCUT2D eigenvalue weighted by Gasteiger charge is -2.39. The number of fused-ring (bicyclic) bond motifs is 2. The summed E-state index contributed by atoms with van der Waals surface area (Å²) in [4.78, 5) is 45.3. The SMILES string of the molecule is CCc1nn2c(C)cc(Br)cc2c1N(C)c1nc(-c2ccc(F)cc2)c(C#N)s1.CCc1nn2c(C)cc(N3CCC4(CCN(C)C4=O)CC3)cc2c1N(C)c1nc(-c2ccc(F)cc2)c(C#N)s1.CN1CCC2(CCNCC2)C1=O. The first kappa shape index (κ1) is 57.0. The second kappa shape index (κ2) is 23.3. The van der Waals surface area contributed by atoms with Crippen LogP contribution < -0.4 is 20.0 Å². The van der Waals surface area contributed by atoms with Crippen molar-refractivity contribution in [2.75, 3.05) is 82.2 Å². The molecule has 16 nitrogen and oxygen atoms in total. The van der Waals surface area contributed by atoms with E-state index in [9.17, 15) is 28.9 Å². The minimum Gasteiger partial charge on any atom is -0.371 e. The molecule has 2 aromatic carbocycles. The van der Waals surface area contributed by atoms with Gasteiger partial charge in [0, 0.05) is 87.0 Å². The molecule has 8 aromatic rings. The Morgan fingerprint density at radius 2 is 1.06 bits per heavy atom. The molecule has 81 heavy (non-hydrogen) atoms. The number of nitrogens with zero attached hydrogens (tertiary/aromatic N) is 13. The Bertz CT molecular complexity index is 3740. The third kappa shape index (κ3) is 10.9. The molecule has 0 saturated carbocycles. The monoisotopic (exact) mass is 1190 g/mol. The van der Waals surface area contributed by atoms with Crippen molar-refractivity contribution in [3.8, 4) is 34.7 Å². The summed E-state index contributed by atoms with van der Waals surface area (Å²) in [7, 11) is 7.72. The highest BCUT2D eigenvalue weighted by Crippen LogP contribution is 2.45. The van der Waals surface area contributed by atoms with Gasteiger partial charge >= 0.3 is 0 Å². The molecule has 12 rings (SSSR count). The number of benzene rings is 2. The molecule has 0 bridgehead atoms. The lowest BCUT2D eigenvalue weighted by atomic mass is 9.77. The molecule has 4 fully saturated rings. The van der Waals surface area contributed by atoms with E-state index in [4.69, 9.17) is 20.2 Å². The van der Waals surface area contributed by atoms with Crippen molar-refractivity contribution in [1.82, 2.24) is 44.3 Å². The maximum atomic E-state index is 13.5. The molecule has 2 spiro atoms. The Kier molecular flexibility index (Phi) is 16.4. The van der Waals surface area contributed by atoms with Gasteiger partial charge in [0.2, 0.25) is 11.8 Å². The Labute approximate surface area is 487 Å². The van der Waals surface area contributed by atoms with Gasteiger partial charge in [-0.3, -0.25) is 9.59 Å². The highest BCUT2D eigenvalue weighted by atomic mass is 79.9. The van der Waals surface area contributed by atoms with Crippen molar-refractivity contribution in [3.63, 3.8) is 0 Å². The molecule has 21 heteroatoms. The third-order valence-corrected chi connectivity index (χ3v) is 19.1. The fourth-order valence-corrected chi connectivity index (χ4v) is 14.1. The fraction of sp³-hybridized carbons (Fsp3) is 0.400. The van der Waals surface area contributed by atoms with Crippen LogP contribution in [0.25, 0.3) is 33.5 Å². The minimum absolute atomic E-state index is 0.0278. The van der Waals surface area contributed by atoms with Crippen LogP contribution in [0.4, 0.5) is 36.1 Å². The molecular weight excluding hydrogens is 1130 g/mol. The molecule has 4 saturated heterocycles. The van der Waals surface area contributed by atoms with Crippen molar-refractivity contribution >= 4 is 88.8 Å². The van der Waals surface area contributed by atoms with Gasteiger partial charge < -0.3 is 29.8 Å². The van der Waals surface area contributed by atoms with Gasteiger partial charge in [-0.15, -0.1) is 0 Å². The van der Waals surface area contributed by atoms with Crippen LogP contribution >= 0.6 is 38.6 Å². The first-order valence-electron chi connectivity index (χ1n) is 27.4. The van der Waals surface area contributed by atoms with Gasteiger partial charge in [-0.1, -0.05) is 52.5 Å². The average Bonchev–Trinajstić information content (AvgIpc) is 4.31. The molecule has 2 amide bonds. The van der Waals surface area contributed by atoms with E-state index in [-0.39, 0.29) is 22.5 Å². The summed E-state index contributed by atoms with van der Waals surface area (Å²) in [5.74, 6) is 0.0287. The molecule has 6 aromatic heterocycles. The van der Waals surface area contributed by atoms with E-state index in [2.05, 4.69) is 71.2 Å². The molecule has 0 unspecified atom stereocenters. The van der Waals surface area contributed by atoms with Crippen LogP contribution in [0.5, 0.6) is 0 Å². The topological polar surface area (TPSA) is 170 Å². The summed E-state index contributed by atoms with van der Waals surface area (Å²) in [6, 6.07) is 25.0. The molecule has 0 radical (unpaired) electrons. The number of anilines is 5. The van der Waals surface area contributed by atoms with Crippen molar-refractivity contribution < 1.29 is 18.4 Å². The Morgan fingerprint density at radius 3 is 1.48 bits per heavy atom. The summed E-state index contributed by atoms with van der Waals surface area (Å²) >= 11 is 6.20. The van der Waals surface area contributed by atoms with Crippen LogP contribution in [-0.2, 0) is 22.4 Å². The molecular formula is C60H65BrF2N14O2S2. The second-order valence-corrected chi connectivity index (χ2v) is 24.4. The molecule has 1 N–H and O–H groups in total. The zero-order valence-electron chi connectivity index (χ0n) is 46.9. The lowest BCUT2D eigenvalue weighted by Crippen LogP contribution is -2.44. The fourth-order valence-electron chi connectivity index (χ4n) is 11.9. The van der Waals surface area contributed by atoms with Crippen LogP contribution in [0.15, 0.2) is 77.3 Å². The summed E-state index contributed by atoms with van der Waals surface area (Å²) in [6.07, 6.45) is 7.34. The first-order valence-corrected chi connectivity index (χ1v) is 29.8. The predicted molar refractivity (Wildman–Crippen MR) is 320 cm³/mol. The summed E-state index contributed by atoms with van der Waals surface area (Å²) in [5, 5.41) is 33.8. The molecule has 0 atom stereocenters. The Balaban J connectivity index is 0.000000156. The number of carbonyl (C=O) groups is 2. The molecule has 10 heterocycles. The molecule has 420 valence electrons. The van der Waals surface area contributed by atoms with Gasteiger partial charge in [-0.25, -0.2) is 27.8 Å². The number of likely N-dealkylation sites (tertiary alicyclic amines) is 2. The van der Waals surface area contributed by atoms with Crippen LogP contribution in [0.3, 0.4) is 0 Å². The third-order valence-electron chi connectivity index (χ3n) is 16.5. The lowest BCUT2D eigenvalue weighted by molar-refractivity contribution is -0.136. The zero-order chi connectivity index (χ0) is 57.5. The van der Waals surface area contributed by atoms with E-state index in [1.54, 1.807) is 24.3 Å². The summed E-state index contributed by atoms with van der Waals surface area (Å²) in [5.41, 5.74) is 11.3. The predicted octanol–water partition coefficient (Wildman–Crippen LogP) is 11.6. The largest absolute Gasteiger partial charge is 0.371 e. The Hall–Kier alpha value is -7.30. The zero-order valence-corrected chi connectivity index (χ0v) is 50.1. The van der Waals surface area contributed by atoms with Crippen LogP contribution in [-0.4, -0.2) is 118 Å². The molecule has 0 aliphatic carbocycles. The number of carbonyl (C=O) groups excluding carboxylic acids is 2. The van der Waals surface area contributed by atoms with E-state index >= 15 is 0 Å². The maximum absolute atomic E-state index is 13.5. The highest BCUT2D eigenvalue weighted by Gasteiger charge is 2.47. The van der Waals surface area contributed by atoms with Crippen LogP contribution in [0.1, 0.15) is 84.9 Å². The summed E-state index contributed by atoms with van der Waals surface area (Å²) < 4.78 is 31.7. The number of rotatable bonds is 9. The number of pyridine rings is 2. The number of thiazole rings is 2. The number of piperidine rings is 2. The summed E-state index contributed by atoms with van der Waals surface area (Å²) in [6.45, 7) is 13.7. The maximum Gasteiger partial charge on any atom is 0.228 e. The van der Waals surface area contributed by atoms with Gasteiger partial charge in [0.25, 0.3) is 0 Å². The van der Waals surface area contributed by atoms with Gasteiger partial charge in [0.05, 0.1) is 44.6 Å². The van der Waals surface area contributed by atoms with Crippen LogP contribution in [0, 0.1) is 59.0 Å². The van der Waals surface area contributed by atoms with Crippen LogP contribution in [0.2, 0.25) is 0 Å².